The standard InChI is InChI=1S/C10H14BrClN2/c1-4-7(2)14(3)10-9(12)5-8(11)6-13-10/h5-7H,4H2,1-3H3. The van der Waals surface area contributed by atoms with Crippen LogP contribution in [-0.4, -0.2) is 18.1 Å². The minimum atomic E-state index is 0.446. The fraction of sp³-hybridized carbons (Fsp3) is 0.500. The Labute approximate surface area is 98.4 Å². The number of anilines is 1. The van der Waals surface area contributed by atoms with E-state index in [1.807, 2.05) is 13.1 Å². The predicted molar refractivity (Wildman–Crippen MR) is 65.1 cm³/mol. The maximum Gasteiger partial charge on any atom is 0.147 e. The molecule has 14 heavy (non-hydrogen) atoms. The van der Waals surface area contributed by atoms with Crippen LogP contribution < -0.4 is 4.90 Å². The fourth-order valence-corrected chi connectivity index (χ4v) is 1.91. The summed E-state index contributed by atoms with van der Waals surface area (Å²) < 4.78 is 0.906. The van der Waals surface area contributed by atoms with Gasteiger partial charge < -0.3 is 4.90 Å². The summed E-state index contributed by atoms with van der Waals surface area (Å²) in [7, 11) is 2.01. The molecule has 78 valence electrons. The molecule has 0 saturated carbocycles. The molecule has 0 saturated heterocycles. The van der Waals surface area contributed by atoms with E-state index in [0.29, 0.717) is 11.1 Å². The van der Waals surface area contributed by atoms with Crippen LogP contribution in [0.2, 0.25) is 5.02 Å². The number of nitrogens with zero attached hydrogens (tertiary/aromatic N) is 2. The molecule has 2 nitrogen and oxygen atoms in total. The maximum atomic E-state index is 6.09. The number of aromatic nitrogens is 1. The van der Waals surface area contributed by atoms with Crippen LogP contribution in [0, 0.1) is 0 Å². The highest BCUT2D eigenvalue weighted by molar-refractivity contribution is 9.10. The molecule has 0 amide bonds. The lowest BCUT2D eigenvalue weighted by molar-refractivity contribution is 0.657. The zero-order chi connectivity index (χ0) is 10.7. The summed E-state index contributed by atoms with van der Waals surface area (Å²) in [4.78, 5) is 6.39. The smallest absolute Gasteiger partial charge is 0.147 e. The van der Waals surface area contributed by atoms with Crippen molar-refractivity contribution in [2.24, 2.45) is 0 Å². The van der Waals surface area contributed by atoms with E-state index in [-0.39, 0.29) is 0 Å². The molecule has 0 aliphatic carbocycles. The van der Waals surface area contributed by atoms with Gasteiger partial charge in [-0.15, -0.1) is 0 Å². The molecular formula is C10H14BrClN2. The van der Waals surface area contributed by atoms with Gasteiger partial charge in [-0.25, -0.2) is 4.98 Å². The van der Waals surface area contributed by atoms with Gasteiger partial charge in [-0.3, -0.25) is 0 Å². The Hall–Kier alpha value is -0.280. The van der Waals surface area contributed by atoms with Crippen molar-refractivity contribution in [3.63, 3.8) is 0 Å². The molecule has 0 aliphatic rings. The van der Waals surface area contributed by atoms with Crippen molar-refractivity contribution >= 4 is 33.3 Å². The molecule has 0 bridgehead atoms. The van der Waals surface area contributed by atoms with Gasteiger partial charge in [0.15, 0.2) is 0 Å². The Morgan fingerprint density at radius 1 is 1.64 bits per heavy atom. The van der Waals surface area contributed by atoms with Gasteiger partial charge in [0, 0.05) is 23.8 Å². The minimum absolute atomic E-state index is 0.446. The first-order valence-electron chi connectivity index (χ1n) is 4.60. The fourth-order valence-electron chi connectivity index (χ4n) is 1.15. The number of pyridine rings is 1. The Kier molecular flexibility index (Phi) is 4.20. The maximum absolute atomic E-state index is 6.09. The molecule has 1 aromatic rings. The molecule has 1 heterocycles. The molecule has 1 aromatic heterocycles. The van der Waals surface area contributed by atoms with Crippen LogP contribution in [-0.2, 0) is 0 Å². The van der Waals surface area contributed by atoms with Crippen LogP contribution >= 0.6 is 27.5 Å². The first-order valence-corrected chi connectivity index (χ1v) is 5.77. The van der Waals surface area contributed by atoms with Gasteiger partial charge >= 0.3 is 0 Å². The Morgan fingerprint density at radius 3 is 2.79 bits per heavy atom. The Morgan fingerprint density at radius 2 is 2.29 bits per heavy atom. The normalized spacial score (nSPS) is 12.6. The lowest BCUT2D eigenvalue weighted by atomic mass is 10.2. The van der Waals surface area contributed by atoms with E-state index in [0.717, 1.165) is 16.7 Å². The molecule has 0 radical (unpaired) electrons. The zero-order valence-corrected chi connectivity index (χ0v) is 10.9. The van der Waals surface area contributed by atoms with Crippen molar-refractivity contribution < 1.29 is 0 Å². The summed E-state index contributed by atoms with van der Waals surface area (Å²) in [5.74, 6) is 0.837. The second kappa shape index (κ2) is 4.99. The third-order valence-electron chi connectivity index (χ3n) is 2.37. The van der Waals surface area contributed by atoms with E-state index in [1.165, 1.54) is 0 Å². The summed E-state index contributed by atoms with van der Waals surface area (Å²) >= 11 is 9.43. The van der Waals surface area contributed by atoms with Crippen molar-refractivity contribution in [2.45, 2.75) is 26.3 Å². The topological polar surface area (TPSA) is 16.1 Å². The first kappa shape index (κ1) is 11.8. The lowest BCUT2D eigenvalue weighted by Gasteiger charge is -2.25. The monoisotopic (exact) mass is 276 g/mol. The van der Waals surface area contributed by atoms with Gasteiger partial charge in [0.1, 0.15) is 5.82 Å². The highest BCUT2D eigenvalue weighted by Crippen LogP contribution is 2.26. The minimum Gasteiger partial charge on any atom is -0.356 e. The Balaban J connectivity index is 2.95. The van der Waals surface area contributed by atoms with Crippen LogP contribution in [0.15, 0.2) is 16.7 Å². The van der Waals surface area contributed by atoms with Gasteiger partial charge in [-0.2, -0.15) is 0 Å². The van der Waals surface area contributed by atoms with E-state index < -0.39 is 0 Å². The third kappa shape index (κ3) is 2.61. The van der Waals surface area contributed by atoms with E-state index in [9.17, 15) is 0 Å². The van der Waals surface area contributed by atoms with Crippen LogP contribution in [0.1, 0.15) is 20.3 Å². The summed E-state index contributed by atoms with van der Waals surface area (Å²) in [6.07, 6.45) is 2.84. The Bertz CT molecular complexity index is 317. The largest absolute Gasteiger partial charge is 0.356 e. The molecule has 0 aromatic carbocycles. The highest BCUT2D eigenvalue weighted by atomic mass is 79.9. The van der Waals surface area contributed by atoms with Crippen molar-refractivity contribution in [1.29, 1.82) is 0 Å². The average molecular weight is 278 g/mol. The molecule has 1 unspecified atom stereocenters. The zero-order valence-electron chi connectivity index (χ0n) is 8.59. The molecule has 0 N–H and O–H groups in total. The van der Waals surface area contributed by atoms with Crippen molar-refractivity contribution in [3.05, 3.63) is 21.8 Å². The summed E-state index contributed by atoms with van der Waals surface area (Å²) in [5.41, 5.74) is 0. The average Bonchev–Trinajstić information content (AvgIpc) is 2.15. The first-order chi connectivity index (χ1) is 6.56. The van der Waals surface area contributed by atoms with E-state index in [4.69, 9.17) is 11.6 Å². The van der Waals surface area contributed by atoms with Gasteiger partial charge in [0.05, 0.1) is 5.02 Å². The molecule has 0 aliphatic heterocycles. The third-order valence-corrected chi connectivity index (χ3v) is 3.09. The second-order valence-electron chi connectivity index (χ2n) is 3.33. The molecule has 1 rings (SSSR count). The summed E-state index contributed by atoms with van der Waals surface area (Å²) in [5, 5.41) is 0.683. The van der Waals surface area contributed by atoms with Crippen LogP contribution in [0.3, 0.4) is 0 Å². The van der Waals surface area contributed by atoms with Crippen LogP contribution in [0.4, 0.5) is 5.82 Å². The molecule has 1 atom stereocenters. The number of halogens is 2. The van der Waals surface area contributed by atoms with Crippen molar-refractivity contribution in [3.8, 4) is 0 Å². The van der Waals surface area contributed by atoms with E-state index in [1.54, 1.807) is 6.20 Å². The molecule has 4 heteroatoms. The number of hydrogen-bond donors (Lipinski definition) is 0. The molecule has 0 spiro atoms. The van der Waals surface area contributed by atoms with Crippen LogP contribution in [0.25, 0.3) is 0 Å². The summed E-state index contributed by atoms with van der Waals surface area (Å²) in [6.45, 7) is 4.30. The van der Waals surface area contributed by atoms with Gasteiger partial charge in [-0.05, 0) is 35.3 Å². The quantitative estimate of drug-likeness (QED) is 0.837. The molecule has 0 fully saturated rings. The predicted octanol–water partition coefficient (Wildman–Crippen LogP) is 3.73. The van der Waals surface area contributed by atoms with Crippen LogP contribution in [0.5, 0.6) is 0 Å². The molecular weight excluding hydrogens is 263 g/mol. The summed E-state index contributed by atoms with van der Waals surface area (Å²) in [6, 6.07) is 2.31. The highest BCUT2D eigenvalue weighted by Gasteiger charge is 2.12. The second-order valence-corrected chi connectivity index (χ2v) is 4.65. The van der Waals surface area contributed by atoms with E-state index >= 15 is 0 Å². The van der Waals surface area contributed by atoms with Gasteiger partial charge in [-0.1, -0.05) is 18.5 Å². The van der Waals surface area contributed by atoms with Crippen molar-refractivity contribution in [1.82, 2.24) is 4.98 Å². The van der Waals surface area contributed by atoms with Gasteiger partial charge in [0.2, 0.25) is 0 Å². The number of hydrogen-bond acceptors (Lipinski definition) is 2. The number of rotatable bonds is 3. The van der Waals surface area contributed by atoms with Gasteiger partial charge in [0.25, 0.3) is 0 Å². The lowest BCUT2D eigenvalue weighted by Crippen LogP contribution is -2.28. The van der Waals surface area contributed by atoms with E-state index in [2.05, 4.69) is 39.7 Å². The van der Waals surface area contributed by atoms with Crippen molar-refractivity contribution in [2.75, 3.05) is 11.9 Å². The SMILES string of the molecule is CCC(C)N(C)c1ncc(Br)cc1Cl.